The Labute approximate surface area is 230 Å². The third-order valence-electron chi connectivity index (χ3n) is 6.32. The molecule has 1 rings (SSSR count). The van der Waals surface area contributed by atoms with Gasteiger partial charge in [-0.15, -0.1) is 0 Å². The highest BCUT2D eigenvalue weighted by atomic mass is 31.2. The Kier molecular flexibility index (Phi) is 21.0. The van der Waals surface area contributed by atoms with Gasteiger partial charge >= 0.3 is 13.8 Å². The van der Waals surface area contributed by atoms with E-state index in [2.05, 4.69) is 6.92 Å². The Morgan fingerprint density at radius 2 is 1.18 bits per heavy atom. The minimum atomic E-state index is -4.03. The summed E-state index contributed by atoms with van der Waals surface area (Å²) >= 11 is 0. The first kappa shape index (κ1) is 34.4. The number of carbonyl (C=O) groups is 1. The molecule has 0 fully saturated rings. The van der Waals surface area contributed by atoms with Crippen LogP contribution in [0.3, 0.4) is 0 Å². The molecule has 1 atom stereocenters. The summed E-state index contributed by atoms with van der Waals surface area (Å²) < 4.78 is 32.2. The predicted octanol–water partition coefficient (Wildman–Crippen LogP) is 8.65. The van der Waals surface area contributed by atoms with Crippen molar-refractivity contribution >= 4 is 19.9 Å². The van der Waals surface area contributed by atoms with Crippen LogP contribution in [0.5, 0.6) is 5.75 Å². The molecule has 1 aromatic carbocycles. The summed E-state index contributed by atoms with van der Waals surface area (Å²) in [7, 11) is -2.43. The van der Waals surface area contributed by atoms with Gasteiger partial charge in [-0.05, 0) is 43.0 Å². The lowest BCUT2D eigenvalue weighted by Gasteiger charge is -2.12. The highest BCUT2D eigenvalue weighted by Crippen LogP contribution is 2.43. The molecule has 0 aliphatic heterocycles. The lowest BCUT2D eigenvalue weighted by Crippen LogP contribution is -2.04. The monoisotopic (exact) mass is 554 g/mol. The molecule has 0 spiro atoms. The maximum absolute atomic E-state index is 12.0. The molecule has 1 N–H and O–H groups in total. The van der Waals surface area contributed by atoms with E-state index in [-0.39, 0.29) is 19.8 Å². The molecule has 1 unspecified atom stereocenters. The van der Waals surface area contributed by atoms with Crippen molar-refractivity contribution in [2.75, 3.05) is 26.9 Å². The lowest BCUT2D eigenvalue weighted by atomic mass is 10.0. The first-order valence-corrected chi connectivity index (χ1v) is 16.1. The number of unbranched alkanes of at least 4 members (excludes halogenated alkanes) is 14. The molecular formula is C30H51O7P. The van der Waals surface area contributed by atoms with E-state index in [1.54, 1.807) is 13.2 Å². The molecule has 38 heavy (non-hydrogen) atoms. The maximum Gasteiger partial charge on any atom is 0.472 e. The van der Waals surface area contributed by atoms with Crippen LogP contribution in [0.2, 0.25) is 0 Å². The third-order valence-corrected chi connectivity index (χ3v) is 7.34. The standard InChI is InChI=1S/C30H51O7P/c1-3-4-5-6-7-8-9-10-11-12-13-14-15-16-26-36-38(32,33)37-27-18-17-25-35-30(31)24-21-28-19-22-29(34-2)23-20-28/h19-24H,3-18,25-27H2,1-2H3,(H,32,33)/b24-21+. The molecule has 0 aliphatic carbocycles. The Bertz CT molecular complexity index is 779. The quantitative estimate of drug-likeness (QED) is 0.0560. The van der Waals surface area contributed by atoms with E-state index in [0.29, 0.717) is 12.8 Å². The van der Waals surface area contributed by atoms with E-state index in [1.165, 1.54) is 76.7 Å². The molecule has 7 nitrogen and oxygen atoms in total. The zero-order chi connectivity index (χ0) is 27.7. The van der Waals surface area contributed by atoms with Crippen molar-refractivity contribution in [3.05, 3.63) is 35.9 Å². The van der Waals surface area contributed by atoms with Gasteiger partial charge in [0.1, 0.15) is 5.75 Å². The molecule has 0 aromatic heterocycles. The number of phosphoric ester groups is 1. The average Bonchev–Trinajstić information content (AvgIpc) is 2.91. The minimum absolute atomic E-state index is 0.0752. The van der Waals surface area contributed by atoms with E-state index >= 15 is 0 Å². The molecule has 0 heterocycles. The number of phosphoric acid groups is 1. The highest BCUT2D eigenvalue weighted by molar-refractivity contribution is 7.47. The molecule has 218 valence electrons. The first-order valence-electron chi connectivity index (χ1n) is 14.6. The van der Waals surface area contributed by atoms with Crippen molar-refractivity contribution in [3.63, 3.8) is 0 Å². The van der Waals surface area contributed by atoms with E-state index in [9.17, 15) is 14.3 Å². The summed E-state index contributed by atoms with van der Waals surface area (Å²) in [5, 5.41) is 0. The van der Waals surface area contributed by atoms with E-state index in [0.717, 1.165) is 30.6 Å². The van der Waals surface area contributed by atoms with Crippen molar-refractivity contribution < 1.29 is 32.8 Å². The fraction of sp³-hybridized carbons (Fsp3) is 0.700. The molecule has 0 radical (unpaired) electrons. The summed E-state index contributed by atoms with van der Waals surface area (Å²) in [6.07, 6.45) is 21.7. The van der Waals surface area contributed by atoms with E-state index in [4.69, 9.17) is 18.5 Å². The molecule has 0 amide bonds. The summed E-state index contributed by atoms with van der Waals surface area (Å²) in [6.45, 7) is 2.77. The number of benzene rings is 1. The number of methoxy groups -OCH3 is 1. The summed E-state index contributed by atoms with van der Waals surface area (Å²) in [5.41, 5.74) is 0.865. The van der Waals surface area contributed by atoms with Gasteiger partial charge in [0.15, 0.2) is 0 Å². The first-order chi connectivity index (χ1) is 18.5. The lowest BCUT2D eigenvalue weighted by molar-refractivity contribution is -0.137. The number of rotatable bonds is 25. The zero-order valence-corrected chi connectivity index (χ0v) is 24.6. The van der Waals surface area contributed by atoms with Crippen molar-refractivity contribution in [1.82, 2.24) is 0 Å². The maximum atomic E-state index is 12.0. The van der Waals surface area contributed by atoms with Crippen molar-refractivity contribution in [3.8, 4) is 5.75 Å². The molecular weight excluding hydrogens is 503 g/mol. The van der Waals surface area contributed by atoms with Gasteiger partial charge in [0.05, 0.1) is 26.9 Å². The number of hydrogen-bond acceptors (Lipinski definition) is 6. The van der Waals surface area contributed by atoms with Crippen LogP contribution in [0.1, 0.15) is 115 Å². The minimum Gasteiger partial charge on any atom is -0.497 e. The molecule has 1 aromatic rings. The number of ether oxygens (including phenoxy) is 2. The second-order valence-electron chi connectivity index (χ2n) is 9.71. The van der Waals surface area contributed by atoms with Crippen LogP contribution in [-0.2, 0) is 23.1 Å². The molecule has 0 saturated heterocycles. The van der Waals surface area contributed by atoms with Gasteiger partial charge in [-0.3, -0.25) is 9.05 Å². The zero-order valence-electron chi connectivity index (χ0n) is 23.7. The summed E-state index contributed by atoms with van der Waals surface area (Å²) in [6, 6.07) is 7.31. The largest absolute Gasteiger partial charge is 0.497 e. The Balaban J connectivity index is 1.91. The molecule has 8 heteroatoms. The van der Waals surface area contributed by atoms with Gasteiger partial charge in [0.2, 0.25) is 0 Å². The van der Waals surface area contributed by atoms with Crippen LogP contribution in [0, 0.1) is 0 Å². The summed E-state index contributed by atoms with van der Waals surface area (Å²) in [4.78, 5) is 21.6. The smallest absolute Gasteiger partial charge is 0.472 e. The average molecular weight is 555 g/mol. The van der Waals surface area contributed by atoms with Crippen LogP contribution in [0.15, 0.2) is 30.3 Å². The van der Waals surface area contributed by atoms with Crippen LogP contribution in [-0.4, -0.2) is 37.8 Å². The van der Waals surface area contributed by atoms with E-state index in [1.807, 2.05) is 24.3 Å². The van der Waals surface area contributed by atoms with Gasteiger partial charge < -0.3 is 14.4 Å². The van der Waals surface area contributed by atoms with Gasteiger partial charge in [-0.1, -0.05) is 103 Å². The summed E-state index contributed by atoms with van der Waals surface area (Å²) in [5.74, 6) is 0.311. The van der Waals surface area contributed by atoms with Gasteiger partial charge in [-0.2, -0.15) is 0 Å². The molecule has 0 aliphatic rings. The van der Waals surface area contributed by atoms with Crippen LogP contribution in [0.25, 0.3) is 6.08 Å². The van der Waals surface area contributed by atoms with Crippen molar-refractivity contribution in [2.24, 2.45) is 0 Å². The second kappa shape index (κ2) is 23.2. The molecule has 0 saturated carbocycles. The number of hydrogen-bond donors (Lipinski definition) is 1. The third kappa shape index (κ3) is 20.3. The second-order valence-corrected chi connectivity index (χ2v) is 11.2. The van der Waals surface area contributed by atoms with Gasteiger partial charge in [0, 0.05) is 6.08 Å². The van der Waals surface area contributed by atoms with Crippen LogP contribution in [0.4, 0.5) is 0 Å². The van der Waals surface area contributed by atoms with Crippen molar-refractivity contribution in [1.29, 1.82) is 0 Å². The Hall–Kier alpha value is -1.66. The SMILES string of the molecule is CCCCCCCCCCCCCCCCOP(=O)(O)OCCCCOC(=O)/C=C/c1ccc(OC)cc1. The number of esters is 1. The Morgan fingerprint density at radius 3 is 1.68 bits per heavy atom. The van der Waals surface area contributed by atoms with Gasteiger partial charge in [0.25, 0.3) is 0 Å². The van der Waals surface area contributed by atoms with Crippen LogP contribution >= 0.6 is 7.82 Å². The van der Waals surface area contributed by atoms with Crippen LogP contribution < -0.4 is 4.74 Å². The fourth-order valence-corrected chi connectivity index (χ4v) is 4.79. The van der Waals surface area contributed by atoms with E-state index < -0.39 is 13.8 Å². The van der Waals surface area contributed by atoms with Gasteiger partial charge in [-0.25, -0.2) is 9.36 Å². The normalized spacial score (nSPS) is 13.0. The topological polar surface area (TPSA) is 91.3 Å². The Morgan fingerprint density at radius 1 is 0.737 bits per heavy atom. The fourth-order valence-electron chi connectivity index (χ4n) is 4.00. The highest BCUT2D eigenvalue weighted by Gasteiger charge is 2.20. The predicted molar refractivity (Wildman–Crippen MR) is 154 cm³/mol. The number of carbonyl (C=O) groups excluding carboxylic acids is 1. The molecule has 0 bridgehead atoms. The van der Waals surface area contributed by atoms with Crippen molar-refractivity contribution in [2.45, 2.75) is 110 Å².